The van der Waals surface area contributed by atoms with Crippen molar-refractivity contribution in [3.8, 4) is 11.6 Å². The molecule has 0 aliphatic rings. The molecule has 0 spiro atoms. The quantitative estimate of drug-likeness (QED) is 0.582. The van der Waals surface area contributed by atoms with E-state index in [2.05, 4.69) is 10.1 Å². The lowest BCUT2D eigenvalue weighted by Gasteiger charge is -2.13. The van der Waals surface area contributed by atoms with Gasteiger partial charge in [0.1, 0.15) is 16.3 Å². The Kier molecular flexibility index (Phi) is 6.36. The second kappa shape index (κ2) is 8.95. The lowest BCUT2D eigenvalue weighted by molar-refractivity contribution is 0.0975. The van der Waals surface area contributed by atoms with Crippen molar-refractivity contribution in [3.05, 3.63) is 65.6 Å². The number of ether oxygens (including phenoxy) is 2. The maximum absolute atomic E-state index is 12.8. The Hall–Kier alpha value is -3.40. The van der Waals surface area contributed by atoms with Gasteiger partial charge in [-0.2, -0.15) is 5.10 Å². The lowest BCUT2D eigenvalue weighted by atomic mass is 10.2. The molecule has 0 unspecified atom stereocenters. The Morgan fingerprint density at radius 1 is 1.17 bits per heavy atom. The third kappa shape index (κ3) is 4.60. The van der Waals surface area contributed by atoms with Gasteiger partial charge in [0, 0.05) is 18.0 Å². The Labute approximate surface area is 174 Å². The first-order chi connectivity index (χ1) is 14.4. The summed E-state index contributed by atoms with van der Waals surface area (Å²) in [6.45, 7) is 2.29. The van der Waals surface area contributed by atoms with Crippen LogP contribution in [-0.2, 0) is 23.0 Å². The van der Waals surface area contributed by atoms with Crippen molar-refractivity contribution in [2.24, 2.45) is 0 Å². The maximum Gasteiger partial charge on any atom is 0.283 e. The number of carbonyl (C=O) groups is 1. The Balaban J connectivity index is 1.86. The Morgan fingerprint density at radius 2 is 1.97 bits per heavy atom. The minimum Gasteiger partial charge on any atom is -0.495 e. The highest BCUT2D eigenvalue weighted by molar-refractivity contribution is 7.90. The molecule has 1 N–H and O–H groups in total. The summed E-state index contributed by atoms with van der Waals surface area (Å²) in [5.41, 5.74) is 1.40. The fraction of sp³-hybridized carbons (Fsp3) is 0.250. The van der Waals surface area contributed by atoms with Crippen molar-refractivity contribution in [1.29, 1.82) is 0 Å². The van der Waals surface area contributed by atoms with Crippen molar-refractivity contribution in [3.63, 3.8) is 0 Å². The fourth-order valence-electron chi connectivity index (χ4n) is 2.84. The highest BCUT2D eigenvalue weighted by atomic mass is 32.2. The van der Waals surface area contributed by atoms with Crippen molar-refractivity contribution >= 4 is 15.9 Å². The van der Waals surface area contributed by atoms with Gasteiger partial charge < -0.3 is 9.47 Å². The molecule has 2 heterocycles. The third-order valence-corrected chi connectivity index (χ3v) is 5.76. The van der Waals surface area contributed by atoms with Gasteiger partial charge in [-0.1, -0.05) is 13.0 Å². The van der Waals surface area contributed by atoms with Crippen LogP contribution < -0.4 is 14.2 Å². The number of nitrogens with zero attached hydrogens (tertiary/aromatic N) is 3. The molecule has 0 saturated heterocycles. The summed E-state index contributed by atoms with van der Waals surface area (Å²) in [6, 6.07) is 9.68. The summed E-state index contributed by atoms with van der Waals surface area (Å²) in [6.07, 6.45) is 4.07. The molecule has 0 aliphatic carbocycles. The molecule has 0 saturated carbocycles. The van der Waals surface area contributed by atoms with Gasteiger partial charge in [0.25, 0.3) is 15.9 Å². The Bertz CT molecular complexity index is 1140. The van der Waals surface area contributed by atoms with Crippen LogP contribution in [0.3, 0.4) is 0 Å². The zero-order chi connectivity index (χ0) is 21.7. The molecule has 9 nitrogen and oxygen atoms in total. The number of rotatable bonds is 8. The standard InChI is InChI=1S/C20H22N4O5S/c1-4-14-6-9-17(28-2)18(12-14)30(26,27)23-19(25)16-8-7-15(20(22-16)29-3)13-24-11-5-10-21-24/h5-12H,4,13H2,1-3H3,(H,23,25). The minimum absolute atomic E-state index is 0.0924. The van der Waals surface area contributed by atoms with Gasteiger partial charge in [-0.25, -0.2) is 18.1 Å². The summed E-state index contributed by atoms with van der Waals surface area (Å²) in [5.74, 6) is -0.517. The zero-order valence-corrected chi connectivity index (χ0v) is 17.6. The molecule has 1 amide bonds. The van der Waals surface area contributed by atoms with E-state index in [0.717, 1.165) is 5.56 Å². The number of hydrogen-bond acceptors (Lipinski definition) is 7. The van der Waals surface area contributed by atoms with E-state index in [0.29, 0.717) is 18.5 Å². The topological polar surface area (TPSA) is 112 Å². The van der Waals surface area contributed by atoms with E-state index in [-0.39, 0.29) is 22.2 Å². The highest BCUT2D eigenvalue weighted by Gasteiger charge is 2.24. The summed E-state index contributed by atoms with van der Waals surface area (Å²) >= 11 is 0. The van der Waals surface area contributed by atoms with Crippen LogP contribution in [0.4, 0.5) is 0 Å². The van der Waals surface area contributed by atoms with E-state index in [1.54, 1.807) is 41.3 Å². The fourth-order valence-corrected chi connectivity index (χ4v) is 4.02. The lowest BCUT2D eigenvalue weighted by Crippen LogP contribution is -2.31. The first kappa shape index (κ1) is 21.3. The molecule has 158 valence electrons. The van der Waals surface area contributed by atoms with E-state index in [9.17, 15) is 13.2 Å². The van der Waals surface area contributed by atoms with Gasteiger partial charge in [-0.05, 0) is 42.3 Å². The van der Waals surface area contributed by atoms with Crippen LogP contribution in [0.2, 0.25) is 0 Å². The average Bonchev–Trinajstić information content (AvgIpc) is 3.26. The van der Waals surface area contributed by atoms with Crippen molar-refractivity contribution < 1.29 is 22.7 Å². The molecule has 2 aromatic heterocycles. The van der Waals surface area contributed by atoms with Gasteiger partial charge >= 0.3 is 0 Å². The van der Waals surface area contributed by atoms with Crippen LogP contribution in [0.15, 0.2) is 53.7 Å². The van der Waals surface area contributed by atoms with Gasteiger partial charge in [0.2, 0.25) is 5.88 Å². The van der Waals surface area contributed by atoms with E-state index >= 15 is 0 Å². The number of aryl methyl sites for hydroxylation is 1. The molecule has 0 aliphatic heterocycles. The van der Waals surface area contributed by atoms with Gasteiger partial charge in [-0.15, -0.1) is 0 Å². The SMILES string of the molecule is CCc1ccc(OC)c(S(=O)(=O)NC(=O)c2ccc(Cn3cccn3)c(OC)n2)c1. The monoisotopic (exact) mass is 430 g/mol. The van der Waals surface area contributed by atoms with Gasteiger partial charge in [0.15, 0.2) is 0 Å². The number of carbonyl (C=O) groups excluding carboxylic acids is 1. The molecule has 1 aromatic carbocycles. The molecule has 3 rings (SSSR count). The summed E-state index contributed by atoms with van der Waals surface area (Å²) in [5, 5.41) is 4.12. The first-order valence-corrected chi connectivity index (χ1v) is 10.6. The molecule has 30 heavy (non-hydrogen) atoms. The molecule has 3 aromatic rings. The first-order valence-electron chi connectivity index (χ1n) is 9.13. The van der Waals surface area contributed by atoms with Crippen LogP contribution in [0.1, 0.15) is 28.5 Å². The molecular formula is C20H22N4O5S. The van der Waals surface area contributed by atoms with Crippen LogP contribution in [0, 0.1) is 0 Å². The second-order valence-corrected chi connectivity index (χ2v) is 7.99. The predicted molar refractivity (Wildman–Crippen MR) is 109 cm³/mol. The number of methoxy groups -OCH3 is 2. The normalized spacial score (nSPS) is 11.2. The van der Waals surface area contributed by atoms with Crippen LogP contribution >= 0.6 is 0 Å². The number of hydrogen-bond donors (Lipinski definition) is 1. The molecular weight excluding hydrogens is 408 g/mol. The molecule has 0 bridgehead atoms. The van der Waals surface area contributed by atoms with Crippen LogP contribution in [-0.4, -0.2) is 43.3 Å². The van der Waals surface area contributed by atoms with E-state index in [1.807, 2.05) is 11.6 Å². The number of amides is 1. The molecule has 10 heteroatoms. The number of benzene rings is 1. The van der Waals surface area contributed by atoms with E-state index in [4.69, 9.17) is 9.47 Å². The summed E-state index contributed by atoms with van der Waals surface area (Å²) in [7, 11) is -1.38. The molecule has 0 atom stereocenters. The van der Waals surface area contributed by atoms with Crippen molar-refractivity contribution in [2.75, 3.05) is 14.2 Å². The second-order valence-electron chi connectivity index (χ2n) is 6.34. The Morgan fingerprint density at radius 3 is 2.60 bits per heavy atom. The molecule has 0 radical (unpaired) electrons. The smallest absolute Gasteiger partial charge is 0.283 e. The summed E-state index contributed by atoms with van der Waals surface area (Å²) < 4.78 is 39.8. The van der Waals surface area contributed by atoms with Gasteiger partial charge in [0.05, 0.1) is 20.8 Å². The van der Waals surface area contributed by atoms with Gasteiger partial charge in [-0.3, -0.25) is 9.48 Å². The molecule has 0 fully saturated rings. The van der Waals surface area contributed by atoms with E-state index in [1.165, 1.54) is 26.4 Å². The zero-order valence-electron chi connectivity index (χ0n) is 16.8. The average molecular weight is 430 g/mol. The minimum atomic E-state index is -4.17. The number of nitrogens with one attached hydrogen (secondary N) is 1. The predicted octanol–water partition coefficient (Wildman–Crippen LogP) is 2.02. The summed E-state index contributed by atoms with van der Waals surface area (Å²) in [4.78, 5) is 16.7. The maximum atomic E-state index is 12.8. The third-order valence-electron chi connectivity index (χ3n) is 4.41. The van der Waals surface area contributed by atoms with E-state index < -0.39 is 15.9 Å². The van der Waals surface area contributed by atoms with Crippen molar-refractivity contribution in [2.45, 2.75) is 24.8 Å². The number of aromatic nitrogens is 3. The van der Waals surface area contributed by atoms with Crippen LogP contribution in [0.25, 0.3) is 0 Å². The highest BCUT2D eigenvalue weighted by Crippen LogP contribution is 2.25. The number of pyridine rings is 1. The van der Waals surface area contributed by atoms with Crippen LogP contribution in [0.5, 0.6) is 11.6 Å². The largest absolute Gasteiger partial charge is 0.495 e. The number of sulfonamides is 1. The van der Waals surface area contributed by atoms with Crippen molar-refractivity contribution in [1.82, 2.24) is 19.5 Å².